The first-order valence-corrected chi connectivity index (χ1v) is 7.90. The molecule has 0 heterocycles. The minimum Gasteiger partial charge on any atom is -0.482 e. The summed E-state index contributed by atoms with van der Waals surface area (Å²) >= 11 is 11.7. The fourth-order valence-corrected chi connectivity index (χ4v) is 2.15. The van der Waals surface area contributed by atoms with E-state index < -0.39 is 24.3 Å². The van der Waals surface area contributed by atoms with Crippen molar-refractivity contribution >= 4 is 40.8 Å². The molecule has 0 aromatic heterocycles. The molecule has 0 saturated carbocycles. The average molecular weight is 386 g/mol. The average Bonchev–Trinajstić information content (AvgIpc) is 2.56. The zero-order chi connectivity index (χ0) is 18.4. The molecule has 0 atom stereocenters. The quantitative estimate of drug-likeness (QED) is 0.763. The molecule has 2 aromatic rings. The molecule has 2 rings (SSSR count). The Bertz CT molecular complexity index is 798. The molecule has 0 spiro atoms. The summed E-state index contributed by atoms with van der Waals surface area (Å²) in [5.41, 5.74) is 1.03. The lowest BCUT2D eigenvalue weighted by Gasteiger charge is -2.09. The molecule has 25 heavy (non-hydrogen) atoms. The lowest BCUT2D eigenvalue weighted by atomic mass is 10.2. The first-order chi connectivity index (χ1) is 11.8. The summed E-state index contributed by atoms with van der Waals surface area (Å²) in [5.74, 6) is -1.39. The van der Waals surface area contributed by atoms with Gasteiger partial charge < -0.3 is 14.8 Å². The molecule has 0 bridgehead atoms. The van der Waals surface area contributed by atoms with Gasteiger partial charge in [0.1, 0.15) is 11.6 Å². The summed E-state index contributed by atoms with van der Waals surface area (Å²) in [6, 6.07) is 8.46. The van der Waals surface area contributed by atoms with Crippen LogP contribution in [0.15, 0.2) is 36.4 Å². The van der Waals surface area contributed by atoms with Crippen LogP contribution in [-0.2, 0) is 14.3 Å². The van der Waals surface area contributed by atoms with Crippen molar-refractivity contribution in [3.05, 3.63) is 57.8 Å². The highest BCUT2D eigenvalue weighted by atomic mass is 35.5. The minimum atomic E-state index is -0.715. The summed E-state index contributed by atoms with van der Waals surface area (Å²) in [4.78, 5) is 23.3. The number of halogens is 3. The fraction of sp³-hybridized carbons (Fsp3) is 0.176. The molecule has 5 nitrogen and oxygen atoms in total. The van der Waals surface area contributed by atoms with Crippen molar-refractivity contribution < 1.29 is 23.5 Å². The van der Waals surface area contributed by atoms with Gasteiger partial charge in [-0.05, 0) is 48.9 Å². The monoisotopic (exact) mass is 385 g/mol. The van der Waals surface area contributed by atoms with Crippen LogP contribution in [0.1, 0.15) is 5.56 Å². The van der Waals surface area contributed by atoms with Gasteiger partial charge in [0.25, 0.3) is 5.91 Å². The summed E-state index contributed by atoms with van der Waals surface area (Å²) < 4.78 is 23.0. The molecule has 1 amide bonds. The van der Waals surface area contributed by atoms with Gasteiger partial charge in [0.05, 0.1) is 10.7 Å². The first-order valence-electron chi connectivity index (χ1n) is 7.14. The third-order valence-electron chi connectivity index (χ3n) is 3.06. The Hall–Kier alpha value is -2.31. The number of carbonyl (C=O) groups excluding carboxylic acids is 2. The van der Waals surface area contributed by atoms with Crippen LogP contribution in [0.2, 0.25) is 10.0 Å². The van der Waals surface area contributed by atoms with Crippen molar-refractivity contribution in [2.45, 2.75) is 6.92 Å². The van der Waals surface area contributed by atoms with Gasteiger partial charge in [-0.15, -0.1) is 0 Å². The Morgan fingerprint density at radius 1 is 1.08 bits per heavy atom. The van der Waals surface area contributed by atoms with E-state index in [9.17, 15) is 14.0 Å². The third-order valence-corrected chi connectivity index (χ3v) is 3.79. The smallest absolute Gasteiger partial charge is 0.344 e. The molecule has 132 valence electrons. The third kappa shape index (κ3) is 5.92. The Balaban J connectivity index is 1.77. The van der Waals surface area contributed by atoms with Crippen LogP contribution in [0.3, 0.4) is 0 Å². The summed E-state index contributed by atoms with van der Waals surface area (Å²) in [7, 11) is 0. The van der Waals surface area contributed by atoms with Crippen molar-refractivity contribution in [3.8, 4) is 5.75 Å². The number of rotatable bonds is 6. The predicted octanol–water partition coefficient (Wildman–Crippen LogP) is 4.00. The maximum absolute atomic E-state index is 12.9. The van der Waals surface area contributed by atoms with E-state index in [1.165, 1.54) is 6.07 Å². The van der Waals surface area contributed by atoms with E-state index in [1.54, 1.807) is 25.1 Å². The fourth-order valence-electron chi connectivity index (χ4n) is 1.81. The van der Waals surface area contributed by atoms with Gasteiger partial charge in [0, 0.05) is 5.02 Å². The van der Waals surface area contributed by atoms with Gasteiger partial charge in [-0.25, -0.2) is 9.18 Å². The predicted molar refractivity (Wildman–Crippen MR) is 92.7 cm³/mol. The number of hydrogen-bond donors (Lipinski definition) is 1. The van der Waals surface area contributed by atoms with E-state index in [0.717, 1.165) is 17.7 Å². The molecule has 0 saturated heterocycles. The van der Waals surface area contributed by atoms with Gasteiger partial charge in [-0.3, -0.25) is 4.79 Å². The Morgan fingerprint density at radius 3 is 2.52 bits per heavy atom. The molecular weight excluding hydrogens is 372 g/mol. The molecule has 0 unspecified atom stereocenters. The highest BCUT2D eigenvalue weighted by Crippen LogP contribution is 2.22. The number of nitrogens with one attached hydrogen (secondary N) is 1. The van der Waals surface area contributed by atoms with Gasteiger partial charge in [0.15, 0.2) is 13.2 Å². The number of aryl methyl sites for hydroxylation is 1. The molecule has 0 aliphatic heterocycles. The van der Waals surface area contributed by atoms with E-state index in [0.29, 0.717) is 10.8 Å². The maximum atomic E-state index is 12.9. The molecule has 0 aliphatic carbocycles. The molecule has 8 heteroatoms. The van der Waals surface area contributed by atoms with Gasteiger partial charge >= 0.3 is 5.97 Å². The lowest BCUT2D eigenvalue weighted by molar-refractivity contribution is -0.149. The molecule has 0 radical (unpaired) electrons. The highest BCUT2D eigenvalue weighted by molar-refractivity contribution is 6.33. The van der Waals surface area contributed by atoms with E-state index in [2.05, 4.69) is 5.32 Å². The molecule has 1 N–H and O–H groups in total. The van der Waals surface area contributed by atoms with Crippen LogP contribution in [0.4, 0.5) is 10.1 Å². The van der Waals surface area contributed by atoms with Crippen molar-refractivity contribution in [1.29, 1.82) is 0 Å². The number of ether oxygens (including phenoxy) is 2. The Kier molecular flexibility index (Phi) is 6.61. The largest absolute Gasteiger partial charge is 0.482 e. The summed E-state index contributed by atoms with van der Waals surface area (Å²) in [6.07, 6.45) is 0. The van der Waals surface area contributed by atoms with E-state index >= 15 is 0 Å². The number of anilines is 1. The second-order valence-corrected chi connectivity index (χ2v) is 5.85. The van der Waals surface area contributed by atoms with Crippen LogP contribution in [0.5, 0.6) is 5.75 Å². The van der Waals surface area contributed by atoms with Gasteiger partial charge in [-0.2, -0.15) is 0 Å². The van der Waals surface area contributed by atoms with Gasteiger partial charge in [-0.1, -0.05) is 23.2 Å². The number of hydrogen-bond acceptors (Lipinski definition) is 4. The summed E-state index contributed by atoms with van der Waals surface area (Å²) in [5, 5.41) is 3.04. The number of esters is 1. The topological polar surface area (TPSA) is 64.6 Å². The van der Waals surface area contributed by atoms with E-state index in [-0.39, 0.29) is 17.3 Å². The standard InChI is InChI=1S/C17H14Cl2FNO4/c1-10-6-12(3-4-13(10)18)24-9-17(23)25-8-16(22)21-15-5-2-11(20)7-14(15)19/h2-7H,8-9H2,1H3,(H,21,22). The lowest BCUT2D eigenvalue weighted by Crippen LogP contribution is -2.23. The second kappa shape index (κ2) is 8.69. The van der Waals surface area contributed by atoms with Gasteiger partial charge in [0.2, 0.25) is 0 Å². The van der Waals surface area contributed by atoms with Crippen molar-refractivity contribution in [2.24, 2.45) is 0 Å². The van der Waals surface area contributed by atoms with Crippen LogP contribution in [0, 0.1) is 12.7 Å². The number of carbonyl (C=O) groups is 2. The minimum absolute atomic E-state index is 0.0427. The van der Waals surface area contributed by atoms with Crippen molar-refractivity contribution in [1.82, 2.24) is 0 Å². The molecule has 2 aromatic carbocycles. The maximum Gasteiger partial charge on any atom is 0.344 e. The van der Waals surface area contributed by atoms with Crippen LogP contribution in [0.25, 0.3) is 0 Å². The molecule has 0 aliphatic rings. The van der Waals surface area contributed by atoms with Crippen LogP contribution in [-0.4, -0.2) is 25.1 Å². The molecule has 0 fully saturated rings. The van der Waals surface area contributed by atoms with E-state index in [4.69, 9.17) is 32.7 Å². The number of benzene rings is 2. The summed E-state index contributed by atoms with van der Waals surface area (Å²) in [6.45, 7) is 0.930. The van der Waals surface area contributed by atoms with E-state index in [1.807, 2.05) is 0 Å². The molecular formula is C17H14Cl2FNO4. The zero-order valence-electron chi connectivity index (χ0n) is 13.1. The normalized spacial score (nSPS) is 10.2. The van der Waals surface area contributed by atoms with Crippen LogP contribution < -0.4 is 10.1 Å². The zero-order valence-corrected chi connectivity index (χ0v) is 14.7. The first kappa shape index (κ1) is 19.0. The highest BCUT2D eigenvalue weighted by Gasteiger charge is 2.11. The second-order valence-electron chi connectivity index (χ2n) is 5.03. The van der Waals surface area contributed by atoms with Crippen molar-refractivity contribution in [2.75, 3.05) is 18.5 Å². The van der Waals surface area contributed by atoms with Crippen LogP contribution >= 0.6 is 23.2 Å². The number of amides is 1. The Morgan fingerprint density at radius 2 is 1.84 bits per heavy atom. The SMILES string of the molecule is Cc1cc(OCC(=O)OCC(=O)Nc2ccc(F)cc2Cl)ccc1Cl. The van der Waals surface area contributed by atoms with Crippen molar-refractivity contribution in [3.63, 3.8) is 0 Å². The Labute approximate surface area is 153 Å².